The zero-order chi connectivity index (χ0) is 15.1. The molecular weight excluding hydrogens is 258 g/mol. The highest BCUT2D eigenvalue weighted by molar-refractivity contribution is 4.82. The number of likely N-dealkylation sites (tertiary alicyclic amines) is 2. The van der Waals surface area contributed by atoms with E-state index >= 15 is 0 Å². The molecule has 0 radical (unpaired) electrons. The minimum atomic E-state index is 0.762. The average molecular weight is 296 g/mol. The lowest BCUT2D eigenvalue weighted by atomic mass is 9.99. The summed E-state index contributed by atoms with van der Waals surface area (Å²) in [6.45, 7) is 15.9. The number of piperidine rings is 2. The summed E-state index contributed by atoms with van der Waals surface area (Å²) in [5.74, 6) is 1.53. The van der Waals surface area contributed by atoms with Gasteiger partial charge in [-0.2, -0.15) is 0 Å². The molecule has 1 N–H and O–H groups in total. The van der Waals surface area contributed by atoms with Gasteiger partial charge in [-0.1, -0.05) is 27.2 Å². The average Bonchev–Trinajstić information content (AvgIpc) is 2.48. The molecule has 3 heteroatoms. The molecule has 124 valence electrons. The van der Waals surface area contributed by atoms with E-state index in [2.05, 4.69) is 35.9 Å². The maximum absolute atomic E-state index is 3.60. The van der Waals surface area contributed by atoms with Crippen LogP contribution in [0.4, 0.5) is 0 Å². The van der Waals surface area contributed by atoms with Crippen LogP contribution in [0.5, 0.6) is 0 Å². The van der Waals surface area contributed by atoms with Crippen molar-refractivity contribution in [3.8, 4) is 0 Å². The molecule has 2 heterocycles. The molecule has 1 atom stereocenters. The van der Waals surface area contributed by atoms with Crippen molar-refractivity contribution in [2.75, 3.05) is 45.8 Å². The van der Waals surface area contributed by atoms with Crippen molar-refractivity contribution in [1.82, 2.24) is 15.1 Å². The van der Waals surface area contributed by atoms with E-state index in [-0.39, 0.29) is 0 Å². The Balaban J connectivity index is 1.59. The molecule has 2 saturated heterocycles. The third kappa shape index (κ3) is 6.25. The maximum Gasteiger partial charge on any atom is 0.0120 e. The highest BCUT2D eigenvalue weighted by Gasteiger charge is 2.25. The molecule has 0 aliphatic carbocycles. The van der Waals surface area contributed by atoms with E-state index in [9.17, 15) is 0 Å². The Morgan fingerprint density at radius 1 is 0.905 bits per heavy atom. The second-order valence-corrected chi connectivity index (χ2v) is 7.79. The van der Waals surface area contributed by atoms with Gasteiger partial charge in [-0.3, -0.25) is 0 Å². The molecule has 2 fully saturated rings. The Labute approximate surface area is 132 Å². The number of hydrogen-bond donors (Lipinski definition) is 1. The van der Waals surface area contributed by atoms with Crippen molar-refractivity contribution in [2.45, 2.75) is 58.9 Å². The summed E-state index contributed by atoms with van der Waals surface area (Å²) in [5, 5.41) is 3.60. The Morgan fingerprint density at radius 2 is 1.57 bits per heavy atom. The predicted molar refractivity (Wildman–Crippen MR) is 91.8 cm³/mol. The van der Waals surface area contributed by atoms with Crippen LogP contribution in [-0.2, 0) is 0 Å². The molecule has 0 aromatic heterocycles. The van der Waals surface area contributed by atoms with E-state index in [1.807, 2.05) is 0 Å². The van der Waals surface area contributed by atoms with Gasteiger partial charge in [0, 0.05) is 12.6 Å². The zero-order valence-corrected chi connectivity index (χ0v) is 14.6. The van der Waals surface area contributed by atoms with Crippen molar-refractivity contribution in [1.29, 1.82) is 0 Å². The van der Waals surface area contributed by atoms with Gasteiger partial charge in [-0.25, -0.2) is 0 Å². The Hall–Kier alpha value is -0.120. The SMILES string of the molecule is CC(C)CNCC(C)CN1CCC(N2CCCCC2)CC1. The van der Waals surface area contributed by atoms with E-state index < -0.39 is 0 Å². The minimum absolute atomic E-state index is 0.762. The van der Waals surface area contributed by atoms with E-state index in [1.165, 1.54) is 71.4 Å². The number of nitrogens with zero attached hydrogens (tertiary/aromatic N) is 2. The van der Waals surface area contributed by atoms with Gasteiger partial charge in [0.15, 0.2) is 0 Å². The largest absolute Gasteiger partial charge is 0.316 e. The van der Waals surface area contributed by atoms with Crippen molar-refractivity contribution >= 4 is 0 Å². The molecule has 0 aromatic carbocycles. The van der Waals surface area contributed by atoms with Crippen LogP contribution in [0.25, 0.3) is 0 Å². The zero-order valence-electron chi connectivity index (χ0n) is 14.6. The fourth-order valence-electron chi connectivity index (χ4n) is 3.87. The lowest BCUT2D eigenvalue weighted by Crippen LogP contribution is -2.47. The minimum Gasteiger partial charge on any atom is -0.316 e. The lowest BCUT2D eigenvalue weighted by molar-refractivity contribution is 0.0864. The molecule has 0 saturated carbocycles. The summed E-state index contributed by atoms with van der Waals surface area (Å²) in [6, 6.07) is 0.885. The Morgan fingerprint density at radius 3 is 2.19 bits per heavy atom. The van der Waals surface area contributed by atoms with Gasteiger partial charge in [0.05, 0.1) is 0 Å². The second kappa shape index (κ2) is 9.12. The number of hydrogen-bond acceptors (Lipinski definition) is 3. The summed E-state index contributed by atoms with van der Waals surface area (Å²) in [5.41, 5.74) is 0. The predicted octanol–water partition coefficient (Wildman–Crippen LogP) is 2.82. The molecule has 2 rings (SSSR count). The summed E-state index contributed by atoms with van der Waals surface area (Å²) in [4.78, 5) is 5.47. The second-order valence-electron chi connectivity index (χ2n) is 7.79. The van der Waals surface area contributed by atoms with Gasteiger partial charge in [-0.15, -0.1) is 0 Å². The van der Waals surface area contributed by atoms with Crippen LogP contribution in [0.15, 0.2) is 0 Å². The monoisotopic (exact) mass is 295 g/mol. The standard InChI is InChI=1S/C18H37N3/c1-16(2)13-19-14-17(3)15-20-11-7-18(8-12-20)21-9-5-4-6-10-21/h16-19H,4-15H2,1-3H3. The van der Waals surface area contributed by atoms with Crippen molar-refractivity contribution in [3.05, 3.63) is 0 Å². The van der Waals surface area contributed by atoms with Gasteiger partial charge in [-0.05, 0) is 76.8 Å². The van der Waals surface area contributed by atoms with Gasteiger partial charge >= 0.3 is 0 Å². The van der Waals surface area contributed by atoms with E-state index in [0.717, 1.165) is 24.4 Å². The molecule has 1 unspecified atom stereocenters. The van der Waals surface area contributed by atoms with Crippen molar-refractivity contribution < 1.29 is 0 Å². The highest BCUT2D eigenvalue weighted by Crippen LogP contribution is 2.21. The van der Waals surface area contributed by atoms with Crippen molar-refractivity contribution in [2.24, 2.45) is 11.8 Å². The van der Waals surface area contributed by atoms with Crippen molar-refractivity contribution in [3.63, 3.8) is 0 Å². The third-order valence-corrected chi connectivity index (χ3v) is 5.08. The first-order chi connectivity index (χ1) is 10.1. The van der Waals surface area contributed by atoms with Crippen LogP contribution in [0, 0.1) is 11.8 Å². The molecule has 0 spiro atoms. The van der Waals surface area contributed by atoms with Gasteiger partial charge < -0.3 is 15.1 Å². The van der Waals surface area contributed by atoms with Gasteiger partial charge in [0.2, 0.25) is 0 Å². The molecular formula is C18H37N3. The molecule has 0 aromatic rings. The normalized spacial score (nSPS) is 24.6. The number of nitrogens with one attached hydrogen (secondary N) is 1. The first-order valence-corrected chi connectivity index (χ1v) is 9.32. The fourth-order valence-corrected chi connectivity index (χ4v) is 3.87. The van der Waals surface area contributed by atoms with Crippen LogP contribution in [0.1, 0.15) is 52.9 Å². The van der Waals surface area contributed by atoms with E-state index in [1.54, 1.807) is 0 Å². The highest BCUT2D eigenvalue weighted by atomic mass is 15.2. The van der Waals surface area contributed by atoms with E-state index in [4.69, 9.17) is 0 Å². The topological polar surface area (TPSA) is 18.5 Å². The number of rotatable bonds is 7. The lowest BCUT2D eigenvalue weighted by Gasteiger charge is -2.40. The first-order valence-electron chi connectivity index (χ1n) is 9.32. The summed E-state index contributed by atoms with van der Waals surface area (Å²) in [6.07, 6.45) is 7.10. The molecule has 3 nitrogen and oxygen atoms in total. The van der Waals surface area contributed by atoms with Crippen LogP contribution >= 0.6 is 0 Å². The fraction of sp³-hybridized carbons (Fsp3) is 1.00. The molecule has 0 bridgehead atoms. The summed E-state index contributed by atoms with van der Waals surface area (Å²) >= 11 is 0. The van der Waals surface area contributed by atoms with Gasteiger partial charge in [0.1, 0.15) is 0 Å². The smallest absolute Gasteiger partial charge is 0.0120 e. The van der Waals surface area contributed by atoms with Crippen LogP contribution in [0.2, 0.25) is 0 Å². The summed E-state index contributed by atoms with van der Waals surface area (Å²) in [7, 11) is 0. The Bertz CT molecular complexity index is 266. The first kappa shape index (κ1) is 17.2. The maximum atomic E-state index is 3.60. The third-order valence-electron chi connectivity index (χ3n) is 5.08. The van der Waals surface area contributed by atoms with Crippen LogP contribution < -0.4 is 5.32 Å². The van der Waals surface area contributed by atoms with Gasteiger partial charge in [0.25, 0.3) is 0 Å². The molecule has 2 aliphatic heterocycles. The molecule has 2 aliphatic rings. The van der Waals surface area contributed by atoms with Crippen LogP contribution in [0.3, 0.4) is 0 Å². The molecule has 21 heavy (non-hydrogen) atoms. The summed E-state index contributed by atoms with van der Waals surface area (Å²) < 4.78 is 0. The van der Waals surface area contributed by atoms with E-state index in [0.29, 0.717) is 0 Å². The quantitative estimate of drug-likeness (QED) is 0.779. The molecule has 0 amide bonds. The Kier molecular flexibility index (Phi) is 7.48. The van der Waals surface area contributed by atoms with Crippen LogP contribution in [-0.4, -0.2) is 61.7 Å².